The van der Waals surface area contributed by atoms with E-state index >= 15 is 0 Å². The number of alkyl halides is 1. The summed E-state index contributed by atoms with van der Waals surface area (Å²) in [5, 5.41) is 0.694. The summed E-state index contributed by atoms with van der Waals surface area (Å²) < 4.78 is -0.302. The minimum atomic E-state index is -0.302. The van der Waals surface area contributed by atoms with Crippen LogP contribution < -0.4 is 0 Å². The predicted molar refractivity (Wildman–Crippen MR) is 92.6 cm³/mol. The molecular formula is C15H12BrClOS2. The fraction of sp³-hybridized carbons (Fsp3) is 0.133. The molecule has 0 saturated carbocycles. The van der Waals surface area contributed by atoms with Gasteiger partial charge in [0.05, 0.1) is 0 Å². The van der Waals surface area contributed by atoms with E-state index in [2.05, 4.69) is 15.9 Å². The number of carbonyl (C=O) groups excluding carboxylic acids is 1. The van der Waals surface area contributed by atoms with Crippen molar-refractivity contribution in [3.8, 4) is 0 Å². The minimum Gasteiger partial charge on any atom is -0.292 e. The van der Waals surface area contributed by atoms with Crippen LogP contribution in [0.2, 0.25) is 5.02 Å². The highest BCUT2D eigenvalue weighted by molar-refractivity contribution is 9.11. The lowest BCUT2D eigenvalue weighted by Gasteiger charge is -2.09. The van der Waals surface area contributed by atoms with Gasteiger partial charge in [-0.15, -0.1) is 23.5 Å². The maximum absolute atomic E-state index is 12.3. The molecule has 0 unspecified atom stereocenters. The van der Waals surface area contributed by atoms with Crippen molar-refractivity contribution >= 4 is 56.8 Å². The van der Waals surface area contributed by atoms with E-state index in [1.54, 1.807) is 11.8 Å². The molecule has 0 bridgehead atoms. The van der Waals surface area contributed by atoms with Crippen LogP contribution in [0.25, 0.3) is 0 Å². The van der Waals surface area contributed by atoms with Crippen LogP contribution in [0.3, 0.4) is 0 Å². The third-order valence-electron chi connectivity index (χ3n) is 2.63. The van der Waals surface area contributed by atoms with Gasteiger partial charge in [0.2, 0.25) is 0 Å². The number of rotatable bonds is 5. The molecule has 20 heavy (non-hydrogen) atoms. The lowest BCUT2D eigenvalue weighted by atomic mass is 10.1. The second-order valence-electron chi connectivity index (χ2n) is 3.98. The summed E-state index contributed by atoms with van der Waals surface area (Å²) in [4.78, 5) is 14.5. The molecule has 5 heteroatoms. The highest BCUT2D eigenvalue weighted by Crippen LogP contribution is 2.31. The maximum Gasteiger partial charge on any atom is 0.186 e. The molecule has 2 aromatic carbocycles. The summed E-state index contributed by atoms with van der Waals surface area (Å²) in [5.41, 5.74) is 0.714. The van der Waals surface area contributed by atoms with Crippen LogP contribution in [0.5, 0.6) is 0 Å². The first kappa shape index (κ1) is 16.0. The number of hydrogen-bond donors (Lipinski definition) is 0. The molecular weight excluding hydrogens is 376 g/mol. The van der Waals surface area contributed by atoms with Gasteiger partial charge in [0.25, 0.3) is 0 Å². The van der Waals surface area contributed by atoms with Crippen molar-refractivity contribution < 1.29 is 4.79 Å². The van der Waals surface area contributed by atoms with Crippen LogP contribution in [0, 0.1) is 0 Å². The molecule has 0 aliphatic heterocycles. The monoisotopic (exact) mass is 386 g/mol. The number of carbonyl (C=O) groups is 1. The molecule has 0 aliphatic rings. The van der Waals surface area contributed by atoms with E-state index in [0.29, 0.717) is 10.6 Å². The maximum atomic E-state index is 12.3. The van der Waals surface area contributed by atoms with E-state index in [-0.39, 0.29) is 9.94 Å². The molecule has 1 atom stereocenters. The molecule has 2 aromatic rings. The van der Waals surface area contributed by atoms with Gasteiger partial charge in [0.15, 0.2) is 5.78 Å². The van der Waals surface area contributed by atoms with Gasteiger partial charge in [-0.2, -0.15) is 0 Å². The van der Waals surface area contributed by atoms with Gasteiger partial charge < -0.3 is 0 Å². The van der Waals surface area contributed by atoms with Crippen LogP contribution in [0.4, 0.5) is 0 Å². The van der Waals surface area contributed by atoms with Gasteiger partial charge in [-0.05, 0) is 42.7 Å². The largest absolute Gasteiger partial charge is 0.292 e. The van der Waals surface area contributed by atoms with E-state index in [0.717, 1.165) is 9.79 Å². The summed E-state index contributed by atoms with van der Waals surface area (Å²) in [6.45, 7) is 0. The normalized spacial score (nSPS) is 12.2. The number of ketones is 1. The smallest absolute Gasteiger partial charge is 0.186 e. The van der Waals surface area contributed by atoms with Gasteiger partial charge in [0, 0.05) is 20.4 Å². The Bertz CT molecular complexity index is 584. The van der Waals surface area contributed by atoms with Crippen molar-refractivity contribution in [2.45, 2.75) is 14.0 Å². The Morgan fingerprint density at radius 1 is 1.05 bits per heavy atom. The fourth-order valence-corrected chi connectivity index (χ4v) is 3.79. The van der Waals surface area contributed by atoms with E-state index in [4.69, 9.17) is 11.6 Å². The predicted octanol–water partition coefficient (Wildman–Crippen LogP) is 5.76. The Morgan fingerprint density at radius 2 is 1.60 bits per heavy atom. The quantitative estimate of drug-likeness (QED) is 0.369. The number of hydrogen-bond acceptors (Lipinski definition) is 3. The van der Waals surface area contributed by atoms with Crippen molar-refractivity contribution in [2.24, 2.45) is 0 Å². The molecule has 104 valence electrons. The van der Waals surface area contributed by atoms with E-state index < -0.39 is 0 Å². The number of halogens is 2. The molecule has 0 aromatic heterocycles. The molecule has 0 N–H and O–H groups in total. The number of benzene rings is 2. The van der Waals surface area contributed by atoms with Crippen LogP contribution in [-0.2, 0) is 0 Å². The van der Waals surface area contributed by atoms with Crippen molar-refractivity contribution in [3.05, 3.63) is 59.1 Å². The molecule has 0 radical (unpaired) electrons. The first-order chi connectivity index (χ1) is 9.60. The van der Waals surface area contributed by atoms with Crippen molar-refractivity contribution in [1.29, 1.82) is 0 Å². The lowest BCUT2D eigenvalue weighted by molar-refractivity contribution is 0.101. The summed E-state index contributed by atoms with van der Waals surface area (Å²) in [6.07, 6.45) is 2.01. The van der Waals surface area contributed by atoms with Gasteiger partial charge in [0.1, 0.15) is 4.16 Å². The summed E-state index contributed by atoms with van der Waals surface area (Å²) in [6, 6.07) is 15.1. The zero-order chi connectivity index (χ0) is 14.5. The van der Waals surface area contributed by atoms with Crippen LogP contribution in [0.1, 0.15) is 10.4 Å². The highest BCUT2D eigenvalue weighted by atomic mass is 79.9. The average molecular weight is 388 g/mol. The first-order valence-corrected chi connectivity index (χ1v) is 9.24. The standard InChI is InChI=1S/C15H12BrClOS2/c1-19-12-6-2-10(3-7-12)14(18)15(16)20-13-8-4-11(17)5-9-13/h2-9,15H,1H3/t15-/m1/s1. The van der Waals surface area contributed by atoms with Crippen molar-refractivity contribution in [1.82, 2.24) is 0 Å². The molecule has 0 aliphatic carbocycles. The zero-order valence-corrected chi connectivity index (χ0v) is 14.7. The summed E-state index contributed by atoms with van der Waals surface area (Å²) >= 11 is 12.4. The topological polar surface area (TPSA) is 17.1 Å². The Morgan fingerprint density at radius 3 is 2.15 bits per heavy atom. The van der Waals surface area contributed by atoms with Crippen LogP contribution in [0.15, 0.2) is 58.3 Å². The summed E-state index contributed by atoms with van der Waals surface area (Å²) in [7, 11) is 0. The lowest BCUT2D eigenvalue weighted by Crippen LogP contribution is -2.10. The Kier molecular flexibility index (Phi) is 6.02. The third-order valence-corrected chi connectivity index (χ3v) is 5.57. The fourth-order valence-electron chi connectivity index (χ4n) is 1.57. The zero-order valence-electron chi connectivity index (χ0n) is 10.7. The molecule has 0 heterocycles. The van der Waals surface area contributed by atoms with E-state index in [1.165, 1.54) is 11.8 Å². The molecule has 0 amide bonds. The van der Waals surface area contributed by atoms with Crippen molar-refractivity contribution in [2.75, 3.05) is 6.26 Å². The number of Topliss-reactive ketones (excluding diaryl/α,β-unsaturated/α-hetero) is 1. The van der Waals surface area contributed by atoms with E-state index in [1.807, 2.05) is 54.8 Å². The van der Waals surface area contributed by atoms with Gasteiger partial charge >= 0.3 is 0 Å². The van der Waals surface area contributed by atoms with Crippen LogP contribution in [-0.4, -0.2) is 16.2 Å². The second kappa shape index (κ2) is 7.55. The van der Waals surface area contributed by atoms with Crippen molar-refractivity contribution in [3.63, 3.8) is 0 Å². The Labute approximate surface area is 140 Å². The highest BCUT2D eigenvalue weighted by Gasteiger charge is 2.18. The Hall–Kier alpha value is -0.420. The molecule has 2 rings (SSSR count). The molecule has 0 fully saturated rings. The molecule has 0 saturated heterocycles. The molecule has 1 nitrogen and oxygen atoms in total. The first-order valence-electron chi connectivity index (χ1n) is 5.84. The minimum absolute atomic E-state index is 0.0672. The SMILES string of the molecule is CSc1ccc(C(=O)[C@H](Br)Sc2ccc(Cl)cc2)cc1. The van der Waals surface area contributed by atoms with Gasteiger partial charge in [-0.3, -0.25) is 4.79 Å². The number of thioether (sulfide) groups is 2. The second-order valence-corrected chi connectivity index (χ2v) is 8.00. The average Bonchev–Trinajstić information content (AvgIpc) is 2.49. The van der Waals surface area contributed by atoms with Gasteiger partial charge in [-0.25, -0.2) is 0 Å². The van der Waals surface area contributed by atoms with E-state index in [9.17, 15) is 4.79 Å². The molecule has 0 spiro atoms. The summed E-state index contributed by atoms with van der Waals surface area (Å²) in [5.74, 6) is 0.0672. The third kappa shape index (κ3) is 4.29. The Balaban J connectivity index is 2.05. The van der Waals surface area contributed by atoms with Crippen LogP contribution >= 0.6 is 51.1 Å². The van der Waals surface area contributed by atoms with Gasteiger partial charge in [-0.1, -0.05) is 39.7 Å².